The molecule has 0 saturated heterocycles. The summed E-state index contributed by atoms with van der Waals surface area (Å²) in [7, 11) is 0. The van der Waals surface area contributed by atoms with Gasteiger partial charge in [0.1, 0.15) is 17.8 Å². The number of hydrogen-bond donors (Lipinski definition) is 1. The molecular formula is C20H19ClF2N4O2. The maximum absolute atomic E-state index is 12.9. The molecule has 29 heavy (non-hydrogen) atoms. The highest BCUT2D eigenvalue weighted by molar-refractivity contribution is 6.32. The molecule has 9 heteroatoms. The molecule has 4 rings (SSSR count). The number of para-hydroxylation sites is 1. The van der Waals surface area contributed by atoms with Gasteiger partial charge in [0.25, 0.3) is 0 Å². The summed E-state index contributed by atoms with van der Waals surface area (Å²) in [5, 5.41) is 8.12. The summed E-state index contributed by atoms with van der Waals surface area (Å²) in [5.41, 5.74) is 1.55. The Labute approximate surface area is 171 Å². The fourth-order valence-corrected chi connectivity index (χ4v) is 3.81. The van der Waals surface area contributed by atoms with Crippen LogP contribution in [0, 0.1) is 0 Å². The molecular weight excluding hydrogens is 402 g/mol. The second kappa shape index (κ2) is 8.24. The quantitative estimate of drug-likeness (QED) is 0.602. The second-order valence-electron chi connectivity index (χ2n) is 6.52. The van der Waals surface area contributed by atoms with Gasteiger partial charge in [0.15, 0.2) is 0 Å². The highest BCUT2D eigenvalue weighted by Crippen LogP contribution is 2.41. The number of anilines is 1. The minimum Gasteiger partial charge on any atom is -0.492 e. The zero-order valence-corrected chi connectivity index (χ0v) is 16.3. The summed E-state index contributed by atoms with van der Waals surface area (Å²) < 4.78 is 37.7. The van der Waals surface area contributed by atoms with E-state index in [1.54, 1.807) is 22.9 Å². The Bertz CT molecular complexity index is 998. The third-order valence-corrected chi connectivity index (χ3v) is 5.08. The van der Waals surface area contributed by atoms with Gasteiger partial charge in [0.2, 0.25) is 5.95 Å². The van der Waals surface area contributed by atoms with Gasteiger partial charge in [0, 0.05) is 5.56 Å². The number of benzene rings is 2. The normalized spacial score (nSPS) is 18.2. The molecule has 0 amide bonds. The van der Waals surface area contributed by atoms with E-state index < -0.39 is 6.61 Å². The summed E-state index contributed by atoms with van der Waals surface area (Å²) in [4.78, 5) is 4.26. The third kappa shape index (κ3) is 3.98. The molecule has 0 unspecified atom stereocenters. The Kier molecular flexibility index (Phi) is 5.53. The number of ether oxygens (including phenoxy) is 2. The molecule has 1 aliphatic heterocycles. The molecule has 6 nitrogen and oxygen atoms in total. The number of rotatable bonds is 6. The van der Waals surface area contributed by atoms with Crippen molar-refractivity contribution in [2.75, 3.05) is 11.9 Å². The number of nitrogens with zero attached hydrogens (tertiary/aromatic N) is 3. The van der Waals surface area contributed by atoms with Gasteiger partial charge < -0.3 is 14.8 Å². The van der Waals surface area contributed by atoms with Crippen molar-refractivity contribution in [2.45, 2.75) is 32.0 Å². The lowest BCUT2D eigenvalue weighted by atomic mass is 9.93. The van der Waals surface area contributed by atoms with Crippen LogP contribution in [-0.4, -0.2) is 28.0 Å². The molecule has 1 aromatic heterocycles. The molecule has 1 aliphatic rings. The average Bonchev–Trinajstić information content (AvgIpc) is 3.18. The van der Waals surface area contributed by atoms with Crippen LogP contribution < -0.4 is 14.8 Å². The van der Waals surface area contributed by atoms with Crippen LogP contribution in [0.25, 0.3) is 0 Å². The van der Waals surface area contributed by atoms with Crippen LogP contribution in [0.1, 0.15) is 36.6 Å². The number of hydrogen-bond acceptors (Lipinski definition) is 5. The van der Waals surface area contributed by atoms with Crippen LogP contribution in [0.15, 0.2) is 48.8 Å². The minimum absolute atomic E-state index is 0.124. The van der Waals surface area contributed by atoms with E-state index in [0.717, 1.165) is 5.56 Å². The van der Waals surface area contributed by atoms with Crippen LogP contribution in [0.5, 0.6) is 11.5 Å². The average molecular weight is 421 g/mol. The topological polar surface area (TPSA) is 61.2 Å². The van der Waals surface area contributed by atoms with Crippen molar-refractivity contribution < 1.29 is 18.3 Å². The summed E-state index contributed by atoms with van der Waals surface area (Å²) >= 11 is 6.35. The number of nitrogens with one attached hydrogen (secondary N) is 1. The van der Waals surface area contributed by atoms with E-state index in [1.807, 2.05) is 25.1 Å². The van der Waals surface area contributed by atoms with Gasteiger partial charge in [-0.2, -0.15) is 18.9 Å². The first kappa shape index (κ1) is 19.4. The van der Waals surface area contributed by atoms with Crippen molar-refractivity contribution in [3.05, 3.63) is 64.9 Å². The predicted molar refractivity (Wildman–Crippen MR) is 105 cm³/mol. The number of alkyl halides is 2. The maximum Gasteiger partial charge on any atom is 0.387 e. The Morgan fingerprint density at radius 2 is 2.07 bits per heavy atom. The van der Waals surface area contributed by atoms with Gasteiger partial charge in [0.05, 0.1) is 23.7 Å². The molecule has 3 aromatic rings. The summed E-state index contributed by atoms with van der Waals surface area (Å²) in [6.07, 6.45) is 1.98. The van der Waals surface area contributed by atoms with E-state index in [0.29, 0.717) is 35.3 Å². The van der Waals surface area contributed by atoms with Crippen LogP contribution in [0.2, 0.25) is 5.02 Å². The van der Waals surface area contributed by atoms with E-state index in [4.69, 9.17) is 21.1 Å². The molecule has 1 N–H and O–H groups in total. The van der Waals surface area contributed by atoms with Crippen molar-refractivity contribution in [3.63, 3.8) is 0 Å². The first-order valence-corrected chi connectivity index (χ1v) is 9.56. The van der Waals surface area contributed by atoms with E-state index in [2.05, 4.69) is 15.4 Å². The van der Waals surface area contributed by atoms with E-state index >= 15 is 0 Å². The monoisotopic (exact) mass is 420 g/mol. The SMILES string of the molecule is CCOc1ccc([C@@H]2C[C@H](c3ccccc3OC(F)F)n3ncnc3N2)cc1Cl. The molecule has 0 radical (unpaired) electrons. The lowest BCUT2D eigenvalue weighted by molar-refractivity contribution is -0.0507. The van der Waals surface area contributed by atoms with Crippen LogP contribution in [0.3, 0.4) is 0 Å². The Morgan fingerprint density at radius 3 is 2.83 bits per heavy atom. The minimum atomic E-state index is -2.91. The Hall–Kier alpha value is -2.87. The van der Waals surface area contributed by atoms with Crippen molar-refractivity contribution in [1.82, 2.24) is 14.8 Å². The molecule has 2 aromatic carbocycles. The van der Waals surface area contributed by atoms with Crippen molar-refractivity contribution in [3.8, 4) is 11.5 Å². The van der Waals surface area contributed by atoms with Gasteiger partial charge >= 0.3 is 6.61 Å². The molecule has 0 saturated carbocycles. The number of aromatic nitrogens is 3. The lowest BCUT2D eigenvalue weighted by Gasteiger charge is -2.32. The molecule has 152 valence electrons. The number of halogens is 3. The van der Waals surface area contributed by atoms with Crippen molar-refractivity contribution >= 4 is 17.5 Å². The molecule has 2 atom stereocenters. The first-order chi connectivity index (χ1) is 14.1. The molecule has 2 heterocycles. The van der Waals surface area contributed by atoms with Gasteiger partial charge in [-0.1, -0.05) is 35.9 Å². The van der Waals surface area contributed by atoms with Gasteiger partial charge in [-0.15, -0.1) is 0 Å². The van der Waals surface area contributed by atoms with Gasteiger partial charge in [-0.05, 0) is 37.1 Å². The van der Waals surface area contributed by atoms with E-state index in [9.17, 15) is 8.78 Å². The molecule has 0 spiro atoms. The standard InChI is InChI=1S/C20H19ClF2N4O2/c1-2-28-18-8-7-12(9-14(18)21)15-10-16(27-20(26-15)24-11-25-27)13-5-3-4-6-17(13)29-19(22)23/h3-9,11,15-16,19H,2,10H2,1H3,(H,24,25,26)/t15-,16+/m0/s1. The largest absolute Gasteiger partial charge is 0.492 e. The first-order valence-electron chi connectivity index (χ1n) is 9.18. The zero-order chi connectivity index (χ0) is 20.4. The Morgan fingerprint density at radius 1 is 1.24 bits per heavy atom. The number of fused-ring (bicyclic) bond motifs is 1. The van der Waals surface area contributed by atoms with Crippen molar-refractivity contribution in [1.29, 1.82) is 0 Å². The van der Waals surface area contributed by atoms with Crippen LogP contribution in [0.4, 0.5) is 14.7 Å². The summed E-state index contributed by atoms with van der Waals surface area (Å²) in [6, 6.07) is 11.9. The van der Waals surface area contributed by atoms with Crippen LogP contribution >= 0.6 is 11.6 Å². The fourth-order valence-electron chi connectivity index (χ4n) is 3.56. The summed E-state index contributed by atoms with van der Waals surface area (Å²) in [6.45, 7) is -0.496. The lowest BCUT2D eigenvalue weighted by Crippen LogP contribution is -2.28. The highest BCUT2D eigenvalue weighted by atomic mass is 35.5. The third-order valence-electron chi connectivity index (χ3n) is 4.78. The van der Waals surface area contributed by atoms with E-state index in [1.165, 1.54) is 12.4 Å². The van der Waals surface area contributed by atoms with Crippen LogP contribution in [-0.2, 0) is 0 Å². The smallest absolute Gasteiger partial charge is 0.387 e. The predicted octanol–water partition coefficient (Wildman–Crippen LogP) is 5.08. The zero-order valence-electron chi connectivity index (χ0n) is 15.6. The Balaban J connectivity index is 1.70. The van der Waals surface area contributed by atoms with Crippen molar-refractivity contribution in [2.24, 2.45) is 0 Å². The molecule has 0 fully saturated rings. The fraction of sp³-hybridized carbons (Fsp3) is 0.300. The maximum atomic E-state index is 12.9. The highest BCUT2D eigenvalue weighted by Gasteiger charge is 2.32. The molecule has 0 aliphatic carbocycles. The second-order valence-corrected chi connectivity index (χ2v) is 6.92. The summed E-state index contributed by atoms with van der Waals surface area (Å²) in [5.74, 6) is 1.28. The molecule has 0 bridgehead atoms. The van der Waals surface area contributed by atoms with Gasteiger partial charge in [-0.25, -0.2) is 4.68 Å². The van der Waals surface area contributed by atoms with E-state index in [-0.39, 0.29) is 17.8 Å². The van der Waals surface area contributed by atoms with Gasteiger partial charge in [-0.3, -0.25) is 0 Å².